The summed E-state index contributed by atoms with van der Waals surface area (Å²) in [7, 11) is 1.65. The SMILES string of the molecule is CCC(C)c1nc(N)cc(-c2ccc(OC)cc2)n1.N. The number of ether oxygens (including phenoxy) is 1. The van der Waals surface area contributed by atoms with Crippen molar-refractivity contribution >= 4 is 5.82 Å². The van der Waals surface area contributed by atoms with Gasteiger partial charge in [0, 0.05) is 17.5 Å². The quantitative estimate of drug-likeness (QED) is 0.890. The van der Waals surface area contributed by atoms with Crippen molar-refractivity contribution in [3.8, 4) is 17.0 Å². The maximum absolute atomic E-state index is 5.87. The fraction of sp³-hybridized carbons (Fsp3) is 0.333. The number of rotatable bonds is 4. The second kappa shape index (κ2) is 6.86. The summed E-state index contributed by atoms with van der Waals surface area (Å²) in [6.07, 6.45) is 0.992. The lowest BCUT2D eigenvalue weighted by Crippen LogP contribution is -2.04. The first-order valence-electron chi connectivity index (χ1n) is 6.43. The molecular formula is C15H22N4O. The van der Waals surface area contributed by atoms with Gasteiger partial charge in [-0.1, -0.05) is 13.8 Å². The average Bonchev–Trinajstić information content (AvgIpc) is 2.45. The van der Waals surface area contributed by atoms with Gasteiger partial charge in [0.05, 0.1) is 12.8 Å². The minimum atomic E-state index is 0. The number of nitrogens with two attached hydrogens (primary N) is 1. The highest BCUT2D eigenvalue weighted by molar-refractivity contribution is 5.62. The molecule has 1 heterocycles. The van der Waals surface area contributed by atoms with E-state index < -0.39 is 0 Å². The van der Waals surface area contributed by atoms with Gasteiger partial charge < -0.3 is 16.6 Å². The number of nitrogens with zero attached hydrogens (tertiary/aromatic N) is 2. The summed E-state index contributed by atoms with van der Waals surface area (Å²) in [4.78, 5) is 8.90. The molecule has 0 saturated heterocycles. The highest BCUT2D eigenvalue weighted by Crippen LogP contribution is 2.24. The van der Waals surface area contributed by atoms with Crippen LogP contribution in [0.25, 0.3) is 11.3 Å². The Labute approximate surface area is 119 Å². The zero-order valence-electron chi connectivity index (χ0n) is 12.3. The monoisotopic (exact) mass is 274 g/mol. The van der Waals surface area contributed by atoms with Gasteiger partial charge in [0.1, 0.15) is 17.4 Å². The number of methoxy groups -OCH3 is 1. The third kappa shape index (κ3) is 3.45. The third-order valence-corrected chi connectivity index (χ3v) is 3.20. The molecule has 0 aliphatic rings. The van der Waals surface area contributed by atoms with Crippen molar-refractivity contribution in [2.45, 2.75) is 26.2 Å². The van der Waals surface area contributed by atoms with E-state index in [1.54, 1.807) is 13.2 Å². The van der Waals surface area contributed by atoms with Crippen molar-refractivity contribution < 1.29 is 4.74 Å². The molecule has 1 aromatic heterocycles. The Kier molecular flexibility index (Phi) is 5.46. The fourth-order valence-electron chi connectivity index (χ4n) is 1.80. The van der Waals surface area contributed by atoms with E-state index >= 15 is 0 Å². The van der Waals surface area contributed by atoms with Gasteiger partial charge in [-0.2, -0.15) is 0 Å². The van der Waals surface area contributed by atoms with Gasteiger partial charge in [-0.25, -0.2) is 9.97 Å². The van der Waals surface area contributed by atoms with Crippen molar-refractivity contribution in [3.05, 3.63) is 36.2 Å². The highest BCUT2D eigenvalue weighted by Gasteiger charge is 2.10. The van der Waals surface area contributed by atoms with Crippen molar-refractivity contribution in [1.29, 1.82) is 0 Å². The first-order chi connectivity index (χ1) is 9.13. The number of anilines is 1. The Balaban J connectivity index is 0.00000200. The van der Waals surface area contributed by atoms with E-state index in [2.05, 4.69) is 23.8 Å². The molecule has 1 unspecified atom stereocenters. The first kappa shape index (κ1) is 15.9. The number of aromatic nitrogens is 2. The van der Waals surface area contributed by atoms with Crippen LogP contribution in [0.5, 0.6) is 5.75 Å². The molecule has 5 nitrogen and oxygen atoms in total. The van der Waals surface area contributed by atoms with Crippen LogP contribution in [-0.4, -0.2) is 17.1 Å². The molecule has 108 valence electrons. The zero-order chi connectivity index (χ0) is 13.8. The van der Waals surface area contributed by atoms with E-state index in [1.165, 1.54) is 0 Å². The Bertz CT molecular complexity index is 554. The smallest absolute Gasteiger partial charge is 0.134 e. The molecule has 20 heavy (non-hydrogen) atoms. The summed E-state index contributed by atoms with van der Waals surface area (Å²) < 4.78 is 5.15. The van der Waals surface area contributed by atoms with E-state index in [0.717, 1.165) is 29.3 Å². The van der Waals surface area contributed by atoms with E-state index in [0.29, 0.717) is 11.7 Å². The van der Waals surface area contributed by atoms with Crippen LogP contribution < -0.4 is 16.6 Å². The molecule has 0 saturated carbocycles. The predicted octanol–water partition coefficient (Wildman–Crippen LogP) is 3.41. The van der Waals surface area contributed by atoms with Gasteiger partial charge in [0.2, 0.25) is 0 Å². The largest absolute Gasteiger partial charge is 0.497 e. The van der Waals surface area contributed by atoms with E-state index in [1.807, 2.05) is 24.3 Å². The molecule has 0 fully saturated rings. The number of benzene rings is 1. The molecule has 0 bridgehead atoms. The summed E-state index contributed by atoms with van der Waals surface area (Å²) in [6, 6.07) is 9.57. The second-order valence-electron chi connectivity index (χ2n) is 4.57. The van der Waals surface area contributed by atoms with Crippen molar-refractivity contribution in [3.63, 3.8) is 0 Å². The standard InChI is InChI=1S/C15H19N3O.H3N/c1-4-10(2)15-17-13(9-14(16)18-15)11-5-7-12(19-3)8-6-11;/h5-10H,4H2,1-3H3,(H2,16,17,18);1H3. The van der Waals surface area contributed by atoms with Gasteiger partial charge in [-0.15, -0.1) is 0 Å². The number of nitrogen functional groups attached to an aromatic ring is 1. The molecule has 2 rings (SSSR count). The van der Waals surface area contributed by atoms with Gasteiger partial charge in [0.25, 0.3) is 0 Å². The minimum Gasteiger partial charge on any atom is -0.497 e. The molecule has 1 aromatic carbocycles. The van der Waals surface area contributed by atoms with Gasteiger partial charge in [-0.3, -0.25) is 0 Å². The van der Waals surface area contributed by atoms with Crippen LogP contribution in [-0.2, 0) is 0 Å². The van der Waals surface area contributed by atoms with E-state index in [4.69, 9.17) is 10.5 Å². The van der Waals surface area contributed by atoms with Crippen LogP contribution in [0.2, 0.25) is 0 Å². The lowest BCUT2D eigenvalue weighted by Gasteiger charge is -2.10. The topological polar surface area (TPSA) is 96.0 Å². The molecule has 5 N–H and O–H groups in total. The Morgan fingerprint density at radius 2 is 1.85 bits per heavy atom. The van der Waals surface area contributed by atoms with Crippen LogP contribution in [0.3, 0.4) is 0 Å². The molecule has 1 atom stereocenters. The van der Waals surface area contributed by atoms with Crippen LogP contribution in [0.4, 0.5) is 5.82 Å². The molecular weight excluding hydrogens is 252 g/mol. The molecule has 0 spiro atoms. The van der Waals surface area contributed by atoms with E-state index in [-0.39, 0.29) is 6.15 Å². The van der Waals surface area contributed by atoms with Gasteiger partial charge >= 0.3 is 0 Å². The Hall–Kier alpha value is -2.14. The van der Waals surface area contributed by atoms with Crippen LogP contribution >= 0.6 is 0 Å². The van der Waals surface area contributed by atoms with E-state index in [9.17, 15) is 0 Å². The first-order valence-corrected chi connectivity index (χ1v) is 6.43. The normalized spacial score (nSPS) is 11.6. The third-order valence-electron chi connectivity index (χ3n) is 3.20. The van der Waals surface area contributed by atoms with Crippen molar-refractivity contribution in [1.82, 2.24) is 16.1 Å². The lowest BCUT2D eigenvalue weighted by molar-refractivity contribution is 0.415. The van der Waals surface area contributed by atoms with Crippen LogP contribution in [0.1, 0.15) is 32.0 Å². The van der Waals surface area contributed by atoms with Gasteiger partial charge in [-0.05, 0) is 30.7 Å². The maximum atomic E-state index is 5.87. The molecule has 0 radical (unpaired) electrons. The van der Waals surface area contributed by atoms with Crippen molar-refractivity contribution in [2.24, 2.45) is 0 Å². The molecule has 0 aliphatic carbocycles. The van der Waals surface area contributed by atoms with Crippen LogP contribution in [0.15, 0.2) is 30.3 Å². The summed E-state index contributed by atoms with van der Waals surface area (Å²) in [5.41, 5.74) is 7.74. The second-order valence-corrected chi connectivity index (χ2v) is 4.57. The summed E-state index contributed by atoms with van der Waals surface area (Å²) >= 11 is 0. The number of hydrogen-bond acceptors (Lipinski definition) is 5. The molecule has 0 aliphatic heterocycles. The molecule has 5 heteroatoms. The predicted molar refractivity (Wildman–Crippen MR) is 82.2 cm³/mol. The van der Waals surface area contributed by atoms with Crippen molar-refractivity contribution in [2.75, 3.05) is 12.8 Å². The Morgan fingerprint density at radius 3 is 2.40 bits per heavy atom. The molecule has 0 amide bonds. The van der Waals surface area contributed by atoms with Gasteiger partial charge in [0.15, 0.2) is 0 Å². The summed E-state index contributed by atoms with van der Waals surface area (Å²) in [5, 5.41) is 0. The Morgan fingerprint density at radius 1 is 1.20 bits per heavy atom. The number of hydrogen-bond donors (Lipinski definition) is 2. The summed E-state index contributed by atoms with van der Waals surface area (Å²) in [5.74, 6) is 2.44. The minimum absolute atomic E-state index is 0. The van der Waals surface area contributed by atoms with Crippen LogP contribution in [0, 0.1) is 0 Å². The fourth-order valence-corrected chi connectivity index (χ4v) is 1.80. The lowest BCUT2D eigenvalue weighted by atomic mass is 10.1. The molecule has 2 aromatic rings. The maximum Gasteiger partial charge on any atom is 0.134 e. The summed E-state index contributed by atoms with van der Waals surface area (Å²) in [6.45, 7) is 4.22. The zero-order valence-corrected chi connectivity index (χ0v) is 12.3. The average molecular weight is 274 g/mol. The highest BCUT2D eigenvalue weighted by atomic mass is 16.5.